The molecule has 0 saturated carbocycles. The standard InChI is InChI=1S/C29H36N2O4S/c1-9-22-18(3)36-26(30-22)21-14-19-13-20-17(2)16-29(7,8)31(23(20)15-24(19)34-27(21)33)12-10-11-25(32)35-28(4,5)6/h9,13-15,17H,1,10-12,16H2,2-8H3. The monoisotopic (exact) mass is 508 g/mol. The average molecular weight is 509 g/mol. The number of aryl methyl sites for hydroxylation is 1. The number of benzene rings is 1. The molecule has 0 N–H and O–H groups in total. The third-order valence-corrected chi connectivity index (χ3v) is 7.70. The first-order chi connectivity index (χ1) is 16.8. The summed E-state index contributed by atoms with van der Waals surface area (Å²) in [5.41, 5.74) is 3.12. The summed E-state index contributed by atoms with van der Waals surface area (Å²) in [4.78, 5) is 33.1. The minimum Gasteiger partial charge on any atom is -0.460 e. The maximum absolute atomic E-state index is 13.0. The van der Waals surface area contributed by atoms with Crippen LogP contribution in [0.1, 0.15) is 82.9 Å². The Morgan fingerprint density at radius 2 is 2.06 bits per heavy atom. The first kappa shape index (κ1) is 26.1. The van der Waals surface area contributed by atoms with Crippen LogP contribution >= 0.6 is 11.3 Å². The van der Waals surface area contributed by atoms with E-state index in [1.165, 1.54) is 16.9 Å². The number of anilines is 1. The van der Waals surface area contributed by atoms with E-state index in [2.05, 4.69) is 43.3 Å². The van der Waals surface area contributed by atoms with E-state index in [0.29, 0.717) is 41.5 Å². The number of rotatable bonds is 6. The molecular formula is C29H36N2O4S. The fourth-order valence-electron chi connectivity index (χ4n) is 5.16. The molecule has 0 spiro atoms. The lowest BCUT2D eigenvalue weighted by Gasteiger charge is -2.47. The zero-order valence-corrected chi connectivity index (χ0v) is 23.2. The highest BCUT2D eigenvalue weighted by molar-refractivity contribution is 7.15. The van der Waals surface area contributed by atoms with Gasteiger partial charge in [-0.3, -0.25) is 4.79 Å². The van der Waals surface area contributed by atoms with Crippen LogP contribution in [0, 0.1) is 6.92 Å². The molecule has 4 rings (SSSR count). The van der Waals surface area contributed by atoms with Gasteiger partial charge in [-0.25, -0.2) is 9.78 Å². The molecule has 1 aliphatic rings. The molecule has 0 radical (unpaired) electrons. The van der Waals surface area contributed by atoms with E-state index in [1.807, 2.05) is 39.8 Å². The van der Waals surface area contributed by atoms with Crippen molar-refractivity contribution in [3.05, 3.63) is 51.3 Å². The molecule has 6 nitrogen and oxygen atoms in total. The van der Waals surface area contributed by atoms with Gasteiger partial charge in [0.05, 0.1) is 11.3 Å². The summed E-state index contributed by atoms with van der Waals surface area (Å²) < 4.78 is 11.3. The predicted molar refractivity (Wildman–Crippen MR) is 148 cm³/mol. The van der Waals surface area contributed by atoms with Crippen LogP contribution in [0.15, 0.2) is 34.0 Å². The molecular weight excluding hydrogens is 472 g/mol. The number of nitrogens with zero attached hydrogens (tertiary/aromatic N) is 2. The van der Waals surface area contributed by atoms with Crippen molar-refractivity contribution in [2.45, 2.75) is 84.8 Å². The molecule has 1 aromatic carbocycles. The largest absolute Gasteiger partial charge is 0.460 e. The Morgan fingerprint density at radius 1 is 1.33 bits per heavy atom. The first-order valence-electron chi connectivity index (χ1n) is 12.5. The molecule has 1 unspecified atom stereocenters. The molecule has 0 aliphatic carbocycles. The van der Waals surface area contributed by atoms with Gasteiger partial charge in [-0.1, -0.05) is 13.5 Å². The molecule has 3 aromatic rings. The molecule has 1 aliphatic heterocycles. The number of fused-ring (bicyclic) bond motifs is 2. The van der Waals surface area contributed by atoms with E-state index in [4.69, 9.17) is 9.15 Å². The van der Waals surface area contributed by atoms with Crippen molar-refractivity contribution in [2.75, 3.05) is 11.4 Å². The minimum atomic E-state index is -0.483. The Kier molecular flexibility index (Phi) is 6.90. The highest BCUT2D eigenvalue weighted by atomic mass is 32.1. The molecule has 2 aromatic heterocycles. The number of carbonyl (C=O) groups excluding carboxylic acids is 1. The third kappa shape index (κ3) is 5.26. The SMILES string of the molecule is C=Cc1nc(-c2cc3cc4c(cc3oc2=O)N(CCCC(=O)OC(C)(C)C)C(C)(C)CC4C)sc1C. The molecule has 0 bridgehead atoms. The van der Waals surface area contributed by atoms with Crippen molar-refractivity contribution < 1.29 is 13.9 Å². The zero-order chi connectivity index (χ0) is 26.4. The van der Waals surface area contributed by atoms with Crippen molar-refractivity contribution in [1.82, 2.24) is 4.98 Å². The summed E-state index contributed by atoms with van der Waals surface area (Å²) >= 11 is 1.47. The number of thiazole rings is 1. The molecule has 3 heterocycles. The van der Waals surface area contributed by atoms with Crippen molar-refractivity contribution >= 4 is 40.0 Å². The maximum Gasteiger partial charge on any atom is 0.346 e. The lowest BCUT2D eigenvalue weighted by atomic mass is 9.79. The van der Waals surface area contributed by atoms with Crippen LogP contribution in [0.25, 0.3) is 27.6 Å². The number of carbonyl (C=O) groups is 1. The van der Waals surface area contributed by atoms with Gasteiger partial charge in [-0.2, -0.15) is 0 Å². The lowest BCUT2D eigenvalue weighted by Crippen LogP contribution is -2.48. The van der Waals surface area contributed by atoms with Crippen LogP contribution < -0.4 is 10.5 Å². The van der Waals surface area contributed by atoms with Crippen molar-refractivity contribution in [2.24, 2.45) is 0 Å². The van der Waals surface area contributed by atoms with E-state index in [9.17, 15) is 9.59 Å². The molecule has 192 valence electrons. The summed E-state index contributed by atoms with van der Waals surface area (Å²) in [5, 5.41) is 1.53. The summed E-state index contributed by atoms with van der Waals surface area (Å²) in [5.74, 6) is 0.159. The predicted octanol–water partition coefficient (Wildman–Crippen LogP) is 7.08. The van der Waals surface area contributed by atoms with Gasteiger partial charge in [0.25, 0.3) is 0 Å². The zero-order valence-electron chi connectivity index (χ0n) is 22.4. The fraction of sp³-hybridized carbons (Fsp3) is 0.483. The number of hydrogen-bond acceptors (Lipinski definition) is 7. The van der Waals surface area contributed by atoms with Crippen molar-refractivity contribution in [3.8, 4) is 10.6 Å². The summed E-state index contributed by atoms with van der Waals surface area (Å²) in [7, 11) is 0. The quantitative estimate of drug-likeness (QED) is 0.262. The normalized spacial score (nSPS) is 17.2. The molecule has 0 saturated heterocycles. The Hall–Kier alpha value is -2.93. The highest BCUT2D eigenvalue weighted by Gasteiger charge is 2.36. The van der Waals surface area contributed by atoms with Gasteiger partial charge in [-0.15, -0.1) is 11.3 Å². The van der Waals surface area contributed by atoms with Crippen LogP contribution in [0.2, 0.25) is 0 Å². The second-order valence-electron chi connectivity index (χ2n) is 11.3. The minimum absolute atomic E-state index is 0.103. The molecule has 0 fully saturated rings. The van der Waals surface area contributed by atoms with Crippen LogP contribution in [0.5, 0.6) is 0 Å². The van der Waals surface area contributed by atoms with E-state index in [1.54, 1.807) is 6.08 Å². The Balaban J connectivity index is 1.69. The third-order valence-electron chi connectivity index (χ3n) is 6.68. The van der Waals surface area contributed by atoms with E-state index in [-0.39, 0.29) is 11.5 Å². The molecule has 0 amide bonds. The van der Waals surface area contributed by atoms with Crippen LogP contribution in [-0.2, 0) is 9.53 Å². The van der Waals surface area contributed by atoms with Crippen molar-refractivity contribution in [1.29, 1.82) is 0 Å². The van der Waals surface area contributed by atoms with Crippen molar-refractivity contribution in [3.63, 3.8) is 0 Å². The fourth-order valence-corrected chi connectivity index (χ4v) is 6.08. The number of esters is 1. The summed E-state index contributed by atoms with van der Waals surface area (Å²) in [6, 6.07) is 6.03. The van der Waals surface area contributed by atoms with Gasteiger partial charge in [0.2, 0.25) is 0 Å². The van der Waals surface area contributed by atoms with E-state index in [0.717, 1.165) is 28.1 Å². The Labute approximate surface area is 217 Å². The van der Waals surface area contributed by atoms with Gasteiger partial charge in [0, 0.05) is 40.5 Å². The molecule has 7 heteroatoms. The smallest absolute Gasteiger partial charge is 0.346 e. The van der Waals surface area contributed by atoms with Gasteiger partial charge >= 0.3 is 11.6 Å². The number of aromatic nitrogens is 1. The topological polar surface area (TPSA) is 72.6 Å². The lowest BCUT2D eigenvalue weighted by molar-refractivity contribution is -0.154. The van der Waals surface area contributed by atoms with Gasteiger partial charge in [-0.05, 0) is 84.1 Å². The molecule has 36 heavy (non-hydrogen) atoms. The Bertz CT molecular complexity index is 1380. The second kappa shape index (κ2) is 9.51. The van der Waals surface area contributed by atoms with Gasteiger partial charge in [0.1, 0.15) is 16.2 Å². The molecule has 1 atom stereocenters. The van der Waals surface area contributed by atoms with Crippen LogP contribution in [-0.4, -0.2) is 28.6 Å². The number of hydrogen-bond donors (Lipinski definition) is 0. The van der Waals surface area contributed by atoms with E-state index >= 15 is 0 Å². The van der Waals surface area contributed by atoms with Crippen LogP contribution in [0.3, 0.4) is 0 Å². The summed E-state index contributed by atoms with van der Waals surface area (Å²) in [6.07, 6.45) is 3.73. The van der Waals surface area contributed by atoms with E-state index < -0.39 is 11.2 Å². The maximum atomic E-state index is 13.0. The van der Waals surface area contributed by atoms with Gasteiger partial charge in [0.15, 0.2) is 0 Å². The Morgan fingerprint density at radius 3 is 2.69 bits per heavy atom. The first-order valence-corrected chi connectivity index (χ1v) is 13.3. The highest BCUT2D eigenvalue weighted by Crippen LogP contribution is 2.45. The van der Waals surface area contributed by atoms with Crippen LogP contribution in [0.4, 0.5) is 5.69 Å². The second-order valence-corrected chi connectivity index (χ2v) is 12.5. The summed E-state index contributed by atoms with van der Waals surface area (Å²) in [6.45, 7) is 18.8. The number of ether oxygens (including phenoxy) is 1. The average Bonchev–Trinajstić information content (AvgIpc) is 3.13. The van der Waals surface area contributed by atoms with Gasteiger partial charge < -0.3 is 14.1 Å².